The van der Waals surface area contributed by atoms with E-state index in [9.17, 15) is 4.79 Å². The molecule has 0 radical (unpaired) electrons. The summed E-state index contributed by atoms with van der Waals surface area (Å²) >= 11 is 0. The van der Waals surface area contributed by atoms with Crippen LogP contribution in [0.1, 0.15) is 18.9 Å². The molecule has 1 rings (SSSR count). The summed E-state index contributed by atoms with van der Waals surface area (Å²) in [6.45, 7) is 2.30. The molecular weight excluding hydrogens is 192 g/mol. The lowest BCUT2D eigenvalue weighted by Crippen LogP contribution is -2.23. The Morgan fingerprint density at radius 3 is 2.67 bits per heavy atom. The van der Waals surface area contributed by atoms with Crippen molar-refractivity contribution in [2.75, 3.05) is 12.3 Å². The van der Waals surface area contributed by atoms with Crippen molar-refractivity contribution in [3.63, 3.8) is 0 Å². The van der Waals surface area contributed by atoms with E-state index in [0.29, 0.717) is 19.4 Å². The van der Waals surface area contributed by atoms with Gasteiger partial charge in [-0.2, -0.15) is 0 Å². The number of hydrogen-bond acceptors (Lipinski definition) is 3. The number of hydrogen-bond donors (Lipinski definition) is 2. The Labute approximate surface area is 89.4 Å². The van der Waals surface area contributed by atoms with E-state index in [1.807, 2.05) is 31.2 Å². The van der Waals surface area contributed by atoms with Gasteiger partial charge in [0, 0.05) is 12.1 Å². The molecule has 0 heterocycles. The molecule has 0 saturated carbocycles. The Hall–Kier alpha value is -1.55. The summed E-state index contributed by atoms with van der Waals surface area (Å²) in [5, 5.41) is 0. The number of aryl methyl sites for hydroxylation is 1. The summed E-state index contributed by atoms with van der Waals surface area (Å²) in [6.07, 6.45) is 1.11. The van der Waals surface area contributed by atoms with E-state index in [-0.39, 0.29) is 5.91 Å². The summed E-state index contributed by atoms with van der Waals surface area (Å²) in [5.74, 6) is -0.103. The molecule has 1 amide bonds. The van der Waals surface area contributed by atoms with Crippen LogP contribution in [-0.4, -0.2) is 12.5 Å². The molecule has 0 aliphatic rings. The Morgan fingerprint density at radius 1 is 1.40 bits per heavy atom. The van der Waals surface area contributed by atoms with Crippen molar-refractivity contribution in [3.05, 3.63) is 29.8 Å². The van der Waals surface area contributed by atoms with Crippen molar-refractivity contribution in [1.29, 1.82) is 0 Å². The molecule has 0 spiro atoms. The molecular formula is C11H16N2O2. The molecule has 3 N–H and O–H groups in total. The highest BCUT2D eigenvalue weighted by Gasteiger charge is 2.01. The molecule has 15 heavy (non-hydrogen) atoms. The van der Waals surface area contributed by atoms with Crippen LogP contribution in [0, 0.1) is 0 Å². The van der Waals surface area contributed by atoms with Crippen molar-refractivity contribution in [3.8, 4) is 0 Å². The van der Waals surface area contributed by atoms with Crippen molar-refractivity contribution >= 4 is 11.6 Å². The number of hydroxylamine groups is 1. The number of anilines is 1. The Morgan fingerprint density at radius 2 is 2.07 bits per heavy atom. The summed E-state index contributed by atoms with van der Waals surface area (Å²) in [5.41, 5.74) is 9.73. The van der Waals surface area contributed by atoms with E-state index in [0.717, 1.165) is 11.3 Å². The molecule has 1 aromatic carbocycles. The zero-order chi connectivity index (χ0) is 11.1. The molecule has 4 nitrogen and oxygen atoms in total. The molecule has 0 saturated heterocycles. The van der Waals surface area contributed by atoms with Crippen LogP contribution in [-0.2, 0) is 16.1 Å². The SMILES string of the molecule is CCONC(=O)CCc1ccc(N)cc1. The maximum absolute atomic E-state index is 11.2. The molecule has 0 aliphatic carbocycles. The number of nitrogens with one attached hydrogen (secondary N) is 1. The van der Waals surface area contributed by atoms with Gasteiger partial charge >= 0.3 is 0 Å². The number of rotatable bonds is 5. The number of nitrogens with two attached hydrogens (primary N) is 1. The summed E-state index contributed by atoms with van der Waals surface area (Å²) in [7, 11) is 0. The smallest absolute Gasteiger partial charge is 0.243 e. The van der Waals surface area contributed by atoms with Crippen LogP contribution in [0.5, 0.6) is 0 Å². The van der Waals surface area contributed by atoms with Crippen LogP contribution in [0.3, 0.4) is 0 Å². The number of carbonyl (C=O) groups excluding carboxylic acids is 1. The van der Waals surface area contributed by atoms with Crippen LogP contribution < -0.4 is 11.2 Å². The monoisotopic (exact) mass is 208 g/mol. The fourth-order valence-corrected chi connectivity index (χ4v) is 1.15. The van der Waals surface area contributed by atoms with Crippen molar-refractivity contribution in [1.82, 2.24) is 5.48 Å². The van der Waals surface area contributed by atoms with E-state index in [1.54, 1.807) is 0 Å². The molecule has 0 bridgehead atoms. The first kappa shape index (κ1) is 11.5. The minimum atomic E-state index is -0.103. The lowest BCUT2D eigenvalue weighted by Gasteiger charge is -2.03. The minimum Gasteiger partial charge on any atom is -0.399 e. The third-order valence-corrected chi connectivity index (χ3v) is 1.95. The highest BCUT2D eigenvalue weighted by Crippen LogP contribution is 2.07. The Bertz CT molecular complexity index is 309. The highest BCUT2D eigenvalue weighted by molar-refractivity contribution is 5.75. The van der Waals surface area contributed by atoms with Crippen LogP contribution in [0.25, 0.3) is 0 Å². The third-order valence-electron chi connectivity index (χ3n) is 1.95. The van der Waals surface area contributed by atoms with Gasteiger partial charge in [0.05, 0.1) is 6.61 Å². The zero-order valence-corrected chi connectivity index (χ0v) is 8.82. The van der Waals surface area contributed by atoms with Crippen molar-refractivity contribution in [2.45, 2.75) is 19.8 Å². The maximum atomic E-state index is 11.2. The standard InChI is InChI=1S/C11H16N2O2/c1-2-15-13-11(14)8-5-9-3-6-10(12)7-4-9/h3-4,6-7H,2,5,8,12H2,1H3,(H,13,14). The van der Waals surface area contributed by atoms with Gasteiger partial charge in [0.25, 0.3) is 0 Å². The molecule has 0 atom stereocenters. The quantitative estimate of drug-likeness (QED) is 0.565. The van der Waals surface area contributed by atoms with E-state index in [4.69, 9.17) is 10.6 Å². The second-order valence-corrected chi connectivity index (χ2v) is 3.20. The predicted octanol–water partition coefficient (Wildman–Crippen LogP) is 1.27. The average Bonchev–Trinajstić information content (AvgIpc) is 2.25. The van der Waals surface area contributed by atoms with Crippen molar-refractivity contribution < 1.29 is 9.63 Å². The van der Waals surface area contributed by atoms with Crippen LogP contribution in [0.4, 0.5) is 5.69 Å². The first-order valence-corrected chi connectivity index (χ1v) is 4.97. The van der Waals surface area contributed by atoms with Gasteiger partial charge < -0.3 is 5.73 Å². The number of nitrogen functional groups attached to an aromatic ring is 1. The first-order chi connectivity index (χ1) is 7.22. The predicted molar refractivity (Wildman–Crippen MR) is 58.9 cm³/mol. The van der Waals surface area contributed by atoms with Gasteiger partial charge in [-0.25, -0.2) is 5.48 Å². The second-order valence-electron chi connectivity index (χ2n) is 3.20. The van der Waals surface area contributed by atoms with E-state index < -0.39 is 0 Å². The van der Waals surface area contributed by atoms with Gasteiger partial charge in [-0.1, -0.05) is 12.1 Å². The number of amides is 1. The fraction of sp³-hybridized carbons (Fsp3) is 0.364. The largest absolute Gasteiger partial charge is 0.399 e. The molecule has 82 valence electrons. The first-order valence-electron chi connectivity index (χ1n) is 4.97. The van der Waals surface area contributed by atoms with Gasteiger partial charge in [0.15, 0.2) is 0 Å². The van der Waals surface area contributed by atoms with Gasteiger partial charge in [0.1, 0.15) is 0 Å². The van der Waals surface area contributed by atoms with Crippen LogP contribution >= 0.6 is 0 Å². The molecule has 0 aromatic heterocycles. The van der Waals surface area contributed by atoms with Crippen LogP contribution in [0.2, 0.25) is 0 Å². The summed E-state index contributed by atoms with van der Waals surface area (Å²) in [6, 6.07) is 7.50. The molecule has 1 aromatic rings. The zero-order valence-electron chi connectivity index (χ0n) is 8.82. The third kappa shape index (κ3) is 4.46. The molecule has 0 aliphatic heterocycles. The lowest BCUT2D eigenvalue weighted by molar-refractivity contribution is -0.133. The van der Waals surface area contributed by atoms with Gasteiger partial charge in [-0.15, -0.1) is 0 Å². The van der Waals surface area contributed by atoms with E-state index >= 15 is 0 Å². The number of carbonyl (C=O) groups is 1. The summed E-state index contributed by atoms with van der Waals surface area (Å²) < 4.78 is 0. The van der Waals surface area contributed by atoms with E-state index in [1.165, 1.54) is 0 Å². The normalized spacial score (nSPS) is 9.93. The maximum Gasteiger partial charge on any atom is 0.243 e. The molecule has 0 fully saturated rings. The summed E-state index contributed by atoms with van der Waals surface area (Å²) in [4.78, 5) is 16.0. The number of benzene rings is 1. The van der Waals surface area contributed by atoms with Gasteiger partial charge in [0.2, 0.25) is 5.91 Å². The van der Waals surface area contributed by atoms with Crippen molar-refractivity contribution in [2.24, 2.45) is 0 Å². The van der Waals surface area contributed by atoms with Gasteiger partial charge in [-0.3, -0.25) is 9.63 Å². The topological polar surface area (TPSA) is 64.3 Å². The average molecular weight is 208 g/mol. The highest BCUT2D eigenvalue weighted by atomic mass is 16.6. The molecule has 4 heteroatoms. The second kappa shape index (κ2) is 6.03. The van der Waals surface area contributed by atoms with Gasteiger partial charge in [-0.05, 0) is 31.0 Å². The lowest BCUT2D eigenvalue weighted by atomic mass is 10.1. The van der Waals surface area contributed by atoms with E-state index in [2.05, 4.69) is 5.48 Å². The van der Waals surface area contributed by atoms with Crippen LogP contribution in [0.15, 0.2) is 24.3 Å². The molecule has 0 unspecified atom stereocenters. The fourth-order valence-electron chi connectivity index (χ4n) is 1.15. The Balaban J connectivity index is 2.30. The Kier molecular flexibility index (Phi) is 4.63. The minimum absolute atomic E-state index is 0.103.